The lowest BCUT2D eigenvalue weighted by atomic mass is 10.1. The number of rotatable bonds is 2. The largest absolute Gasteiger partial charge is 0.465 e. The number of hydrogen-bond acceptors (Lipinski definition) is 1. The van der Waals surface area contributed by atoms with E-state index in [1.54, 1.807) is 12.3 Å². The van der Waals surface area contributed by atoms with Crippen LogP contribution in [0.15, 0.2) is 23.3 Å². The van der Waals surface area contributed by atoms with Crippen LogP contribution in [-0.4, -0.2) is 0 Å². The van der Waals surface area contributed by atoms with E-state index in [9.17, 15) is 0 Å². The Bertz CT molecular complexity index is 368. The Balaban J connectivity index is 3.42. The summed E-state index contributed by atoms with van der Waals surface area (Å²) < 4.78 is 5.22. The molecule has 0 saturated heterocycles. The molecule has 1 rings (SSSR count). The van der Waals surface area contributed by atoms with Gasteiger partial charge in [0.2, 0.25) is 0 Å². The van der Waals surface area contributed by atoms with Gasteiger partial charge in [-0.2, -0.15) is 0 Å². The van der Waals surface area contributed by atoms with E-state index in [2.05, 4.69) is 27.0 Å². The highest BCUT2D eigenvalue weighted by Crippen LogP contribution is 2.07. The Morgan fingerprint density at radius 3 is 2.67 bits per heavy atom. The van der Waals surface area contributed by atoms with Crippen molar-refractivity contribution in [2.75, 3.05) is 0 Å². The standard InChI is InChI=1S/C11H14O/c1-5-6-10-9(4)12-7-11(10)8(2)3/h5-8H,1,4H2,2-3H3/b10-6+. The molecule has 1 heterocycles. The minimum Gasteiger partial charge on any atom is -0.465 e. The molecule has 1 aromatic heterocycles. The van der Waals surface area contributed by atoms with Gasteiger partial charge in [-0.25, -0.2) is 0 Å². The Labute approximate surface area is 72.7 Å². The molecule has 0 saturated carbocycles. The molecular weight excluding hydrogens is 148 g/mol. The zero-order valence-corrected chi connectivity index (χ0v) is 7.63. The van der Waals surface area contributed by atoms with Crippen molar-refractivity contribution in [3.63, 3.8) is 0 Å². The fourth-order valence-corrected chi connectivity index (χ4v) is 1.18. The lowest BCUT2D eigenvalue weighted by molar-refractivity contribution is 0.529. The van der Waals surface area contributed by atoms with Crippen LogP contribution in [0.5, 0.6) is 0 Å². The first-order chi connectivity index (χ1) is 5.66. The van der Waals surface area contributed by atoms with Crippen LogP contribution in [0.25, 0.3) is 12.7 Å². The molecule has 64 valence electrons. The molecule has 0 fully saturated rings. The maximum atomic E-state index is 5.22. The Hall–Kier alpha value is -1.24. The van der Waals surface area contributed by atoms with Gasteiger partial charge >= 0.3 is 0 Å². The summed E-state index contributed by atoms with van der Waals surface area (Å²) in [6.07, 6.45) is 5.45. The molecule has 0 aliphatic heterocycles. The molecule has 0 radical (unpaired) electrons. The molecule has 0 bridgehead atoms. The molecule has 0 aliphatic rings. The minimum absolute atomic E-state index is 0.468. The second kappa shape index (κ2) is 3.44. The van der Waals surface area contributed by atoms with Crippen molar-refractivity contribution in [3.8, 4) is 0 Å². The highest BCUT2D eigenvalue weighted by Gasteiger charge is 2.03. The molecule has 1 nitrogen and oxygen atoms in total. The molecule has 0 aromatic carbocycles. The van der Waals surface area contributed by atoms with Gasteiger partial charge in [-0.1, -0.05) is 39.2 Å². The molecule has 0 spiro atoms. The average Bonchev–Trinajstić information content (AvgIpc) is 2.34. The van der Waals surface area contributed by atoms with Gasteiger partial charge in [-0.15, -0.1) is 0 Å². The Morgan fingerprint density at radius 1 is 1.50 bits per heavy atom. The summed E-state index contributed by atoms with van der Waals surface area (Å²) in [6, 6.07) is 0. The normalized spacial score (nSPS) is 12.4. The number of furan rings is 1. The van der Waals surface area contributed by atoms with Crippen molar-refractivity contribution in [1.82, 2.24) is 0 Å². The summed E-state index contributed by atoms with van der Waals surface area (Å²) in [7, 11) is 0. The number of hydrogen-bond donors (Lipinski definition) is 0. The maximum Gasteiger partial charge on any atom is 0.126 e. The maximum absolute atomic E-state index is 5.22. The van der Waals surface area contributed by atoms with Crippen molar-refractivity contribution >= 4 is 12.7 Å². The summed E-state index contributed by atoms with van der Waals surface area (Å²) in [5.41, 5.74) is 1.92. The van der Waals surface area contributed by atoms with E-state index in [0.29, 0.717) is 5.92 Å². The molecule has 0 amide bonds. The summed E-state index contributed by atoms with van der Waals surface area (Å²) in [5, 5.41) is 1.07. The van der Waals surface area contributed by atoms with Gasteiger partial charge in [0.15, 0.2) is 0 Å². The van der Waals surface area contributed by atoms with Crippen molar-refractivity contribution in [2.24, 2.45) is 0 Å². The second-order valence-corrected chi connectivity index (χ2v) is 3.08. The number of allylic oxidation sites excluding steroid dienone is 1. The van der Waals surface area contributed by atoms with E-state index >= 15 is 0 Å². The van der Waals surface area contributed by atoms with Gasteiger partial charge in [0, 0.05) is 10.8 Å². The second-order valence-electron chi connectivity index (χ2n) is 3.08. The summed E-state index contributed by atoms with van der Waals surface area (Å²) in [5.74, 6) is 0.468. The first-order valence-electron chi connectivity index (χ1n) is 4.06. The summed E-state index contributed by atoms with van der Waals surface area (Å²) in [6.45, 7) is 11.7. The molecule has 1 heteroatoms. The van der Waals surface area contributed by atoms with Crippen LogP contribution in [0.4, 0.5) is 0 Å². The van der Waals surface area contributed by atoms with E-state index < -0.39 is 0 Å². The van der Waals surface area contributed by atoms with E-state index in [1.807, 2.05) is 6.08 Å². The van der Waals surface area contributed by atoms with Crippen LogP contribution in [0.1, 0.15) is 25.3 Å². The molecule has 0 aliphatic carbocycles. The predicted molar refractivity (Wildman–Crippen MR) is 52.2 cm³/mol. The molecule has 0 atom stereocenters. The van der Waals surface area contributed by atoms with E-state index in [1.165, 1.54) is 5.56 Å². The van der Waals surface area contributed by atoms with Crippen molar-refractivity contribution in [1.29, 1.82) is 0 Å². The zero-order valence-electron chi connectivity index (χ0n) is 7.63. The molecule has 1 aromatic rings. The van der Waals surface area contributed by atoms with E-state index in [4.69, 9.17) is 4.42 Å². The van der Waals surface area contributed by atoms with Crippen molar-refractivity contribution < 1.29 is 4.42 Å². The zero-order chi connectivity index (χ0) is 9.14. The van der Waals surface area contributed by atoms with Gasteiger partial charge in [0.25, 0.3) is 0 Å². The lowest BCUT2D eigenvalue weighted by Gasteiger charge is -1.97. The topological polar surface area (TPSA) is 13.1 Å². The van der Waals surface area contributed by atoms with Crippen LogP contribution in [0.2, 0.25) is 0 Å². The quantitative estimate of drug-likeness (QED) is 0.646. The summed E-state index contributed by atoms with van der Waals surface area (Å²) in [4.78, 5) is 0. The fourth-order valence-electron chi connectivity index (χ4n) is 1.18. The highest BCUT2D eigenvalue weighted by molar-refractivity contribution is 5.38. The molecule has 12 heavy (non-hydrogen) atoms. The highest BCUT2D eigenvalue weighted by atomic mass is 16.3. The first kappa shape index (κ1) is 8.85. The van der Waals surface area contributed by atoms with Crippen LogP contribution < -0.4 is 10.6 Å². The Kier molecular flexibility index (Phi) is 2.54. The van der Waals surface area contributed by atoms with Crippen molar-refractivity contribution in [3.05, 3.63) is 35.1 Å². The summed E-state index contributed by atoms with van der Waals surface area (Å²) >= 11 is 0. The monoisotopic (exact) mass is 162 g/mol. The van der Waals surface area contributed by atoms with Crippen molar-refractivity contribution in [2.45, 2.75) is 19.8 Å². The van der Waals surface area contributed by atoms with Crippen LogP contribution in [-0.2, 0) is 0 Å². The van der Waals surface area contributed by atoms with E-state index in [-0.39, 0.29) is 0 Å². The van der Waals surface area contributed by atoms with Gasteiger partial charge in [-0.05, 0) is 5.92 Å². The smallest absolute Gasteiger partial charge is 0.126 e. The van der Waals surface area contributed by atoms with Crippen LogP contribution >= 0.6 is 0 Å². The van der Waals surface area contributed by atoms with Crippen LogP contribution in [0.3, 0.4) is 0 Å². The van der Waals surface area contributed by atoms with Gasteiger partial charge in [0.1, 0.15) is 5.42 Å². The Morgan fingerprint density at radius 2 is 2.17 bits per heavy atom. The fraction of sp³-hybridized carbons (Fsp3) is 0.273. The van der Waals surface area contributed by atoms with Gasteiger partial charge in [-0.3, -0.25) is 0 Å². The third-order valence-corrected chi connectivity index (χ3v) is 1.85. The third-order valence-electron chi connectivity index (χ3n) is 1.85. The first-order valence-corrected chi connectivity index (χ1v) is 4.06. The average molecular weight is 162 g/mol. The minimum atomic E-state index is 0.468. The van der Waals surface area contributed by atoms with E-state index in [0.717, 1.165) is 10.6 Å². The van der Waals surface area contributed by atoms with Crippen LogP contribution in [0, 0.1) is 0 Å². The lowest BCUT2D eigenvalue weighted by Crippen LogP contribution is -2.21. The van der Waals surface area contributed by atoms with Gasteiger partial charge < -0.3 is 4.42 Å². The molecule has 0 unspecified atom stereocenters. The molecular formula is C11H14O. The third kappa shape index (κ3) is 1.50. The van der Waals surface area contributed by atoms with Gasteiger partial charge in [0.05, 0.1) is 6.26 Å². The molecule has 0 N–H and O–H groups in total. The SMILES string of the molecule is C=C/C=c1/c(C(C)C)coc1=C. The predicted octanol–water partition coefficient (Wildman–Crippen LogP) is 1.78.